The second-order valence-electron chi connectivity index (χ2n) is 6.25. The number of halogens is 4. The summed E-state index contributed by atoms with van der Waals surface area (Å²) in [6.07, 6.45) is -2.72. The fourth-order valence-electron chi connectivity index (χ4n) is 2.85. The maximum Gasteiger partial charge on any atom is 0.433 e. The van der Waals surface area contributed by atoms with Crippen LogP contribution in [-0.4, -0.2) is 40.0 Å². The van der Waals surface area contributed by atoms with Gasteiger partial charge in [-0.05, 0) is 36.6 Å². The minimum absolute atomic E-state index is 0.118. The first-order valence-corrected chi connectivity index (χ1v) is 8.40. The van der Waals surface area contributed by atoms with Gasteiger partial charge in [0.1, 0.15) is 11.9 Å². The van der Waals surface area contributed by atoms with Gasteiger partial charge < -0.3 is 9.64 Å². The molecule has 5 nitrogen and oxygen atoms in total. The van der Waals surface area contributed by atoms with Crippen LogP contribution in [0, 0.1) is 5.82 Å². The average molecular weight is 383 g/mol. The van der Waals surface area contributed by atoms with Crippen LogP contribution < -0.4 is 4.74 Å². The van der Waals surface area contributed by atoms with Gasteiger partial charge in [0.25, 0.3) is 0 Å². The first-order chi connectivity index (χ1) is 12.8. The molecule has 1 aliphatic heterocycles. The second-order valence-corrected chi connectivity index (χ2v) is 6.25. The Labute approximate surface area is 153 Å². The summed E-state index contributed by atoms with van der Waals surface area (Å²) in [4.78, 5) is 21.1. The summed E-state index contributed by atoms with van der Waals surface area (Å²) in [6.45, 7) is 0.767. The van der Waals surface area contributed by atoms with E-state index in [9.17, 15) is 22.4 Å². The van der Waals surface area contributed by atoms with Crippen molar-refractivity contribution in [2.75, 3.05) is 13.1 Å². The molecule has 2 heterocycles. The first-order valence-electron chi connectivity index (χ1n) is 8.40. The molecule has 1 aromatic heterocycles. The van der Waals surface area contributed by atoms with E-state index in [1.165, 1.54) is 12.1 Å². The Hall–Kier alpha value is -2.71. The van der Waals surface area contributed by atoms with Crippen LogP contribution in [0.25, 0.3) is 0 Å². The number of aromatic nitrogens is 2. The minimum Gasteiger partial charge on any atom is -0.458 e. The molecule has 1 aliphatic rings. The monoisotopic (exact) mass is 383 g/mol. The Balaban J connectivity index is 1.60. The molecule has 0 N–H and O–H groups in total. The van der Waals surface area contributed by atoms with E-state index in [1.807, 2.05) is 0 Å². The van der Waals surface area contributed by atoms with E-state index in [-0.39, 0.29) is 30.7 Å². The van der Waals surface area contributed by atoms with Crippen molar-refractivity contribution < 1.29 is 27.1 Å². The SMILES string of the molecule is O=C(Cc1ccc(F)cc1)N1CCCC(Oc2nccc(C(F)(F)F)n2)C1. The predicted molar refractivity (Wildman–Crippen MR) is 87.4 cm³/mol. The van der Waals surface area contributed by atoms with Crippen LogP contribution >= 0.6 is 0 Å². The lowest BCUT2D eigenvalue weighted by Gasteiger charge is -2.32. The number of hydrogen-bond acceptors (Lipinski definition) is 4. The molecule has 1 saturated heterocycles. The number of benzene rings is 1. The van der Waals surface area contributed by atoms with Gasteiger partial charge in [-0.3, -0.25) is 4.79 Å². The number of alkyl halides is 3. The molecule has 9 heteroatoms. The Morgan fingerprint density at radius 2 is 1.96 bits per heavy atom. The van der Waals surface area contributed by atoms with Crippen LogP contribution in [-0.2, 0) is 17.4 Å². The van der Waals surface area contributed by atoms with Crippen LogP contribution in [0.5, 0.6) is 6.01 Å². The summed E-state index contributed by atoms with van der Waals surface area (Å²) < 4.78 is 56.6. The van der Waals surface area contributed by atoms with E-state index in [4.69, 9.17) is 4.74 Å². The lowest BCUT2D eigenvalue weighted by Crippen LogP contribution is -2.45. The van der Waals surface area contributed by atoms with Crippen molar-refractivity contribution in [3.63, 3.8) is 0 Å². The van der Waals surface area contributed by atoms with Gasteiger partial charge in [0, 0.05) is 12.7 Å². The van der Waals surface area contributed by atoms with E-state index < -0.39 is 18.0 Å². The zero-order valence-electron chi connectivity index (χ0n) is 14.2. The highest BCUT2D eigenvalue weighted by molar-refractivity contribution is 5.78. The Morgan fingerprint density at radius 3 is 2.67 bits per heavy atom. The number of rotatable bonds is 4. The normalized spacial score (nSPS) is 17.6. The highest BCUT2D eigenvalue weighted by Gasteiger charge is 2.33. The van der Waals surface area contributed by atoms with Gasteiger partial charge in [0.2, 0.25) is 5.91 Å². The van der Waals surface area contributed by atoms with Gasteiger partial charge in [-0.15, -0.1) is 0 Å². The first kappa shape index (κ1) is 19.1. The van der Waals surface area contributed by atoms with Crippen LogP contribution in [0.3, 0.4) is 0 Å². The van der Waals surface area contributed by atoms with Crippen LogP contribution in [0.15, 0.2) is 36.5 Å². The molecule has 144 valence electrons. The molecular formula is C18H17F4N3O2. The summed E-state index contributed by atoms with van der Waals surface area (Å²) in [5.41, 5.74) is -0.391. The van der Waals surface area contributed by atoms with Gasteiger partial charge in [-0.1, -0.05) is 12.1 Å². The summed E-state index contributed by atoms with van der Waals surface area (Å²) in [6, 6.07) is 6.07. The Morgan fingerprint density at radius 1 is 1.22 bits per heavy atom. The Kier molecular flexibility index (Phi) is 5.57. The van der Waals surface area contributed by atoms with Crippen molar-refractivity contribution in [1.29, 1.82) is 0 Å². The molecule has 0 bridgehead atoms. The van der Waals surface area contributed by atoms with Gasteiger partial charge in [-0.25, -0.2) is 9.37 Å². The molecule has 1 fully saturated rings. The molecule has 2 aromatic rings. The molecule has 0 spiro atoms. The standard InChI is InChI=1S/C18H17F4N3O2/c19-13-5-3-12(4-6-13)10-16(26)25-9-1-2-14(11-25)27-17-23-8-7-15(24-17)18(20,21)22/h3-8,14H,1-2,9-11H2. The van der Waals surface area contributed by atoms with Crippen molar-refractivity contribution in [3.8, 4) is 6.01 Å². The van der Waals surface area contributed by atoms with Crippen molar-refractivity contribution in [2.45, 2.75) is 31.5 Å². The molecule has 0 saturated carbocycles. The Bertz CT molecular complexity index is 796. The minimum atomic E-state index is -4.58. The third-order valence-corrected chi connectivity index (χ3v) is 4.20. The molecule has 1 amide bonds. The van der Waals surface area contributed by atoms with Crippen molar-refractivity contribution >= 4 is 5.91 Å². The summed E-state index contributed by atoms with van der Waals surface area (Å²) >= 11 is 0. The maximum atomic E-state index is 12.9. The van der Waals surface area contributed by atoms with Crippen molar-refractivity contribution in [1.82, 2.24) is 14.9 Å². The summed E-state index contributed by atoms with van der Waals surface area (Å²) in [7, 11) is 0. The maximum absolute atomic E-state index is 12.9. The third kappa shape index (κ3) is 5.15. The zero-order chi connectivity index (χ0) is 19.4. The quantitative estimate of drug-likeness (QED) is 0.761. The van der Waals surface area contributed by atoms with E-state index in [2.05, 4.69) is 9.97 Å². The van der Waals surface area contributed by atoms with Gasteiger partial charge in [0.15, 0.2) is 5.69 Å². The number of carbonyl (C=O) groups is 1. The molecule has 0 radical (unpaired) electrons. The fraction of sp³-hybridized carbons (Fsp3) is 0.389. The molecule has 0 aliphatic carbocycles. The number of amides is 1. The average Bonchev–Trinajstić information content (AvgIpc) is 2.63. The number of nitrogens with zero attached hydrogens (tertiary/aromatic N) is 3. The van der Waals surface area contributed by atoms with Crippen LogP contribution in [0.4, 0.5) is 17.6 Å². The second kappa shape index (κ2) is 7.89. The topological polar surface area (TPSA) is 55.3 Å². The van der Waals surface area contributed by atoms with Gasteiger partial charge >= 0.3 is 12.2 Å². The van der Waals surface area contributed by atoms with E-state index >= 15 is 0 Å². The molecular weight excluding hydrogens is 366 g/mol. The van der Waals surface area contributed by atoms with E-state index in [1.54, 1.807) is 17.0 Å². The highest BCUT2D eigenvalue weighted by Crippen LogP contribution is 2.28. The van der Waals surface area contributed by atoms with Crippen molar-refractivity contribution in [2.24, 2.45) is 0 Å². The molecule has 27 heavy (non-hydrogen) atoms. The molecule has 1 unspecified atom stereocenters. The van der Waals surface area contributed by atoms with E-state index in [0.717, 1.165) is 12.3 Å². The molecule has 1 aromatic carbocycles. The smallest absolute Gasteiger partial charge is 0.433 e. The highest BCUT2D eigenvalue weighted by atomic mass is 19.4. The van der Waals surface area contributed by atoms with Crippen molar-refractivity contribution in [3.05, 3.63) is 53.6 Å². The van der Waals surface area contributed by atoms with Gasteiger partial charge in [0.05, 0.1) is 13.0 Å². The zero-order valence-corrected chi connectivity index (χ0v) is 14.2. The number of carbonyl (C=O) groups excluding carboxylic acids is 1. The number of ether oxygens (including phenoxy) is 1. The lowest BCUT2D eigenvalue weighted by atomic mass is 10.1. The number of likely N-dealkylation sites (tertiary alicyclic amines) is 1. The summed E-state index contributed by atoms with van der Waals surface area (Å²) in [5.74, 6) is -0.529. The fourth-order valence-corrected chi connectivity index (χ4v) is 2.85. The third-order valence-electron chi connectivity index (χ3n) is 4.20. The van der Waals surface area contributed by atoms with Crippen LogP contribution in [0.1, 0.15) is 24.1 Å². The van der Waals surface area contributed by atoms with Crippen LogP contribution in [0.2, 0.25) is 0 Å². The predicted octanol–water partition coefficient (Wildman–Crippen LogP) is 3.25. The molecule has 1 atom stereocenters. The number of hydrogen-bond donors (Lipinski definition) is 0. The number of piperidine rings is 1. The largest absolute Gasteiger partial charge is 0.458 e. The molecule has 3 rings (SSSR count). The lowest BCUT2D eigenvalue weighted by molar-refractivity contribution is -0.141. The van der Waals surface area contributed by atoms with E-state index in [0.29, 0.717) is 24.9 Å². The summed E-state index contributed by atoms with van der Waals surface area (Å²) in [5, 5.41) is 0. The van der Waals surface area contributed by atoms with Gasteiger partial charge in [-0.2, -0.15) is 18.2 Å².